The molecule has 0 radical (unpaired) electrons. The number of piperidine rings is 3. The third-order valence-electron chi connectivity index (χ3n) is 5.10. The van der Waals surface area contributed by atoms with Crippen molar-refractivity contribution in [3.8, 4) is 0 Å². The summed E-state index contributed by atoms with van der Waals surface area (Å²) in [6, 6.07) is 8.43. The molecular formula is C16H21N3. The molecule has 3 heteroatoms. The molecule has 5 rings (SSSR count). The van der Waals surface area contributed by atoms with Crippen molar-refractivity contribution < 1.29 is 0 Å². The highest BCUT2D eigenvalue weighted by molar-refractivity contribution is 5.81. The van der Waals surface area contributed by atoms with Crippen LogP contribution in [0.3, 0.4) is 0 Å². The van der Waals surface area contributed by atoms with Crippen molar-refractivity contribution in [3.05, 3.63) is 30.0 Å². The van der Waals surface area contributed by atoms with Gasteiger partial charge in [-0.25, -0.2) is 0 Å². The highest BCUT2D eigenvalue weighted by atomic mass is 15.1. The van der Waals surface area contributed by atoms with Gasteiger partial charge in [0.05, 0.1) is 5.52 Å². The maximum Gasteiger partial charge on any atom is 0.0923 e. The van der Waals surface area contributed by atoms with E-state index in [1.54, 1.807) is 0 Å². The molecule has 2 bridgehead atoms. The Balaban J connectivity index is 1.47. The zero-order valence-corrected chi connectivity index (χ0v) is 11.3. The Morgan fingerprint density at radius 2 is 2.05 bits per heavy atom. The number of aromatic amines is 1. The molecular weight excluding hydrogens is 234 g/mol. The van der Waals surface area contributed by atoms with E-state index in [0.29, 0.717) is 0 Å². The molecule has 0 spiro atoms. The van der Waals surface area contributed by atoms with Gasteiger partial charge in [-0.1, -0.05) is 18.2 Å². The molecule has 0 unspecified atom stereocenters. The predicted molar refractivity (Wildman–Crippen MR) is 77.1 cm³/mol. The maximum atomic E-state index is 4.39. The van der Waals surface area contributed by atoms with Crippen molar-refractivity contribution in [1.82, 2.24) is 15.1 Å². The van der Waals surface area contributed by atoms with Crippen molar-refractivity contribution in [3.63, 3.8) is 0 Å². The molecule has 1 aromatic carbocycles. The maximum absolute atomic E-state index is 4.39. The first-order valence-corrected chi connectivity index (χ1v) is 7.54. The summed E-state index contributed by atoms with van der Waals surface area (Å²) in [5, 5.41) is 8.94. The van der Waals surface area contributed by atoms with Crippen LogP contribution in [0, 0.1) is 11.8 Å². The molecule has 1 atom stereocenters. The number of hydrogen-bond acceptors (Lipinski definition) is 2. The highest BCUT2D eigenvalue weighted by Gasteiger charge is 2.33. The van der Waals surface area contributed by atoms with Gasteiger partial charge in [0.2, 0.25) is 0 Å². The van der Waals surface area contributed by atoms with Crippen LogP contribution in [0.15, 0.2) is 24.3 Å². The summed E-state index contributed by atoms with van der Waals surface area (Å²) in [7, 11) is 0. The van der Waals surface area contributed by atoms with E-state index in [4.69, 9.17) is 0 Å². The number of nitrogens with one attached hydrogen (secondary N) is 1. The van der Waals surface area contributed by atoms with Gasteiger partial charge >= 0.3 is 0 Å². The minimum atomic E-state index is 0.907. The molecule has 1 N–H and O–H groups in total. The zero-order chi connectivity index (χ0) is 12.7. The lowest BCUT2D eigenvalue weighted by Gasteiger charge is -2.45. The first-order chi connectivity index (χ1) is 9.40. The fourth-order valence-electron chi connectivity index (χ4n) is 3.95. The van der Waals surface area contributed by atoms with E-state index < -0.39 is 0 Å². The van der Waals surface area contributed by atoms with Crippen molar-refractivity contribution in [1.29, 1.82) is 0 Å². The van der Waals surface area contributed by atoms with Gasteiger partial charge in [0.1, 0.15) is 0 Å². The molecule has 3 aliphatic rings. The number of nitrogens with zero attached hydrogens (tertiary/aromatic N) is 2. The summed E-state index contributed by atoms with van der Waals surface area (Å²) < 4.78 is 0. The average molecular weight is 255 g/mol. The highest BCUT2D eigenvalue weighted by Crippen LogP contribution is 2.35. The van der Waals surface area contributed by atoms with Crippen LogP contribution in [0.4, 0.5) is 0 Å². The summed E-state index contributed by atoms with van der Waals surface area (Å²) in [5.74, 6) is 1.89. The summed E-state index contributed by atoms with van der Waals surface area (Å²) in [6.07, 6.45) is 5.31. The smallest absolute Gasteiger partial charge is 0.0923 e. The average Bonchev–Trinajstić information content (AvgIpc) is 2.90. The van der Waals surface area contributed by atoms with E-state index in [0.717, 1.165) is 23.8 Å². The third kappa shape index (κ3) is 2.06. The van der Waals surface area contributed by atoms with E-state index in [2.05, 4.69) is 39.4 Å². The van der Waals surface area contributed by atoms with Gasteiger partial charge in [0, 0.05) is 17.6 Å². The Labute approximate surface area is 114 Å². The molecule has 3 nitrogen and oxygen atoms in total. The molecule has 0 aliphatic carbocycles. The first kappa shape index (κ1) is 11.5. The third-order valence-corrected chi connectivity index (χ3v) is 5.10. The second kappa shape index (κ2) is 4.64. The molecule has 3 saturated heterocycles. The summed E-state index contributed by atoms with van der Waals surface area (Å²) in [6.45, 7) is 4.01. The van der Waals surface area contributed by atoms with Gasteiger partial charge in [-0.2, -0.15) is 5.10 Å². The standard InChI is InChI=1S/C16H21N3/c1-2-4-15-14(3-1)16(18-17-15)6-5-13-11-19-9-7-12(13)8-10-19/h1-4,12-13H,5-11H2,(H,17,18)/t13-/m1/s1. The van der Waals surface area contributed by atoms with Gasteiger partial charge in [-0.3, -0.25) is 5.10 Å². The Kier molecular flexibility index (Phi) is 2.80. The lowest BCUT2D eigenvalue weighted by atomic mass is 9.77. The van der Waals surface area contributed by atoms with Crippen LogP contribution in [0.25, 0.3) is 10.9 Å². The molecule has 100 valence electrons. The Morgan fingerprint density at radius 3 is 2.84 bits per heavy atom. The Bertz CT molecular complexity index is 566. The zero-order valence-electron chi connectivity index (χ0n) is 11.3. The lowest BCUT2D eigenvalue weighted by Crippen LogP contribution is -2.47. The van der Waals surface area contributed by atoms with Crippen LogP contribution in [-0.2, 0) is 6.42 Å². The molecule has 0 amide bonds. The van der Waals surface area contributed by atoms with Gasteiger partial charge in [-0.15, -0.1) is 0 Å². The normalized spacial score (nSPS) is 30.0. The quantitative estimate of drug-likeness (QED) is 0.914. The van der Waals surface area contributed by atoms with Crippen molar-refractivity contribution in [2.75, 3.05) is 19.6 Å². The number of fused-ring (bicyclic) bond motifs is 4. The molecule has 2 aromatic rings. The fraction of sp³-hybridized carbons (Fsp3) is 0.562. The van der Waals surface area contributed by atoms with E-state index in [1.807, 2.05) is 0 Å². The second-order valence-corrected chi connectivity index (χ2v) is 6.16. The van der Waals surface area contributed by atoms with Gasteiger partial charge in [0.25, 0.3) is 0 Å². The van der Waals surface area contributed by atoms with E-state index in [-0.39, 0.29) is 0 Å². The van der Waals surface area contributed by atoms with Gasteiger partial charge in [-0.05, 0) is 56.7 Å². The van der Waals surface area contributed by atoms with E-state index in [1.165, 1.54) is 50.0 Å². The van der Waals surface area contributed by atoms with Crippen LogP contribution in [0.1, 0.15) is 25.0 Å². The minimum Gasteiger partial charge on any atom is -0.303 e. The molecule has 0 saturated carbocycles. The van der Waals surface area contributed by atoms with Crippen LogP contribution in [0.5, 0.6) is 0 Å². The van der Waals surface area contributed by atoms with Crippen molar-refractivity contribution in [2.45, 2.75) is 25.7 Å². The van der Waals surface area contributed by atoms with Crippen molar-refractivity contribution in [2.24, 2.45) is 11.8 Å². The molecule has 19 heavy (non-hydrogen) atoms. The largest absolute Gasteiger partial charge is 0.303 e. The summed E-state index contributed by atoms with van der Waals surface area (Å²) >= 11 is 0. The number of aromatic nitrogens is 2. The van der Waals surface area contributed by atoms with Gasteiger partial charge in [0.15, 0.2) is 0 Å². The van der Waals surface area contributed by atoms with Crippen LogP contribution in [0.2, 0.25) is 0 Å². The van der Waals surface area contributed by atoms with Crippen LogP contribution in [-0.4, -0.2) is 34.7 Å². The number of aryl methyl sites for hydroxylation is 1. The summed E-state index contributed by atoms with van der Waals surface area (Å²) in [5.41, 5.74) is 2.43. The molecule has 3 fully saturated rings. The lowest BCUT2D eigenvalue weighted by molar-refractivity contribution is 0.0468. The summed E-state index contributed by atoms with van der Waals surface area (Å²) in [4.78, 5) is 2.65. The molecule has 3 aliphatic heterocycles. The van der Waals surface area contributed by atoms with E-state index >= 15 is 0 Å². The van der Waals surface area contributed by atoms with Crippen molar-refractivity contribution >= 4 is 10.9 Å². The van der Waals surface area contributed by atoms with Gasteiger partial charge < -0.3 is 4.90 Å². The Hall–Kier alpha value is -1.35. The number of H-pyrrole nitrogens is 1. The number of hydrogen-bond donors (Lipinski definition) is 1. The van der Waals surface area contributed by atoms with E-state index in [9.17, 15) is 0 Å². The first-order valence-electron chi connectivity index (χ1n) is 7.54. The minimum absolute atomic E-state index is 0.907. The second-order valence-electron chi connectivity index (χ2n) is 6.16. The SMILES string of the molecule is c1ccc2c(CC[C@@H]3CN4CCC3CC4)[nH]nc2c1. The fourth-order valence-corrected chi connectivity index (χ4v) is 3.95. The van der Waals surface area contributed by atoms with Crippen LogP contribution < -0.4 is 0 Å². The predicted octanol–water partition coefficient (Wildman–Crippen LogP) is 2.84. The topological polar surface area (TPSA) is 31.9 Å². The number of rotatable bonds is 3. The molecule has 1 aromatic heterocycles. The monoisotopic (exact) mass is 255 g/mol. The van der Waals surface area contributed by atoms with Crippen LogP contribution >= 0.6 is 0 Å². The Morgan fingerprint density at radius 1 is 1.21 bits per heavy atom. The molecule has 4 heterocycles. The number of para-hydroxylation sites is 1. The number of benzene rings is 1.